The standard InChI is InChI=1S/C30H37F3N4O5S/c1-7-8-13-26(38)37(27(18(2)3)28(39)34-6)17-21-14-15-22(24(16-21)30(31,32)33)23-11-9-10-12-25(23)43(40,41)36-29-19(4)20(5)35-42-29/h9-12,14-16,18,27,36H,7-8,13,17H2,1-6H3,(H,34,39)/t27-/m0/s1. The number of anilines is 1. The van der Waals surface area contributed by atoms with Crippen molar-refractivity contribution in [2.45, 2.75) is 77.5 Å². The van der Waals surface area contributed by atoms with E-state index in [1.54, 1.807) is 27.7 Å². The van der Waals surface area contributed by atoms with Gasteiger partial charge in [0, 0.05) is 31.1 Å². The Morgan fingerprint density at radius 2 is 1.74 bits per heavy atom. The second kappa shape index (κ2) is 13.6. The fraction of sp³-hybridized carbons (Fsp3) is 0.433. The number of halogens is 3. The van der Waals surface area contributed by atoms with E-state index in [1.165, 1.54) is 48.3 Å². The highest BCUT2D eigenvalue weighted by atomic mass is 32.2. The van der Waals surface area contributed by atoms with Crippen LogP contribution >= 0.6 is 0 Å². The Balaban J connectivity index is 2.12. The molecule has 0 aliphatic heterocycles. The van der Waals surface area contributed by atoms with Crippen molar-refractivity contribution in [1.29, 1.82) is 0 Å². The number of rotatable bonds is 12. The zero-order chi connectivity index (χ0) is 32.1. The number of aromatic nitrogens is 1. The molecule has 0 fully saturated rings. The molecule has 43 heavy (non-hydrogen) atoms. The van der Waals surface area contributed by atoms with Gasteiger partial charge in [0.05, 0.1) is 16.2 Å². The number of benzene rings is 2. The fourth-order valence-electron chi connectivity index (χ4n) is 4.73. The Bertz CT molecular complexity index is 1570. The minimum atomic E-state index is -4.87. The van der Waals surface area contributed by atoms with Crippen molar-refractivity contribution in [2.24, 2.45) is 5.92 Å². The molecular weight excluding hydrogens is 585 g/mol. The second-order valence-electron chi connectivity index (χ2n) is 10.6. The number of nitrogens with one attached hydrogen (secondary N) is 2. The number of nitrogens with zero attached hydrogens (tertiary/aromatic N) is 2. The largest absolute Gasteiger partial charge is 0.417 e. The van der Waals surface area contributed by atoms with Crippen LogP contribution in [0.3, 0.4) is 0 Å². The lowest BCUT2D eigenvalue weighted by Gasteiger charge is -2.33. The van der Waals surface area contributed by atoms with Gasteiger partial charge in [-0.05, 0) is 49.4 Å². The molecule has 234 valence electrons. The summed E-state index contributed by atoms with van der Waals surface area (Å²) >= 11 is 0. The van der Waals surface area contributed by atoms with Gasteiger partial charge in [-0.25, -0.2) is 13.1 Å². The predicted octanol–water partition coefficient (Wildman–Crippen LogP) is 6.07. The monoisotopic (exact) mass is 622 g/mol. The first-order chi connectivity index (χ1) is 20.1. The second-order valence-corrected chi connectivity index (χ2v) is 12.3. The number of carbonyl (C=O) groups excluding carboxylic acids is 2. The van der Waals surface area contributed by atoms with E-state index < -0.39 is 38.6 Å². The Kier molecular flexibility index (Phi) is 10.7. The van der Waals surface area contributed by atoms with Gasteiger partial charge >= 0.3 is 6.18 Å². The summed E-state index contributed by atoms with van der Waals surface area (Å²) in [6, 6.07) is 7.94. The number of alkyl halides is 3. The summed E-state index contributed by atoms with van der Waals surface area (Å²) < 4.78 is 77.7. The summed E-state index contributed by atoms with van der Waals surface area (Å²) in [6.45, 7) is 8.41. The highest BCUT2D eigenvalue weighted by Gasteiger charge is 2.37. The minimum absolute atomic E-state index is 0.137. The van der Waals surface area contributed by atoms with Gasteiger partial charge in [-0.2, -0.15) is 13.2 Å². The lowest BCUT2D eigenvalue weighted by atomic mass is 9.95. The highest BCUT2D eigenvalue weighted by Crippen LogP contribution is 2.40. The van der Waals surface area contributed by atoms with E-state index in [0.29, 0.717) is 17.7 Å². The van der Waals surface area contributed by atoms with Crippen LogP contribution in [0.15, 0.2) is 51.9 Å². The molecule has 1 aromatic heterocycles. The molecule has 0 aliphatic rings. The van der Waals surface area contributed by atoms with Gasteiger partial charge in [0.1, 0.15) is 6.04 Å². The quantitative estimate of drug-likeness (QED) is 0.253. The molecule has 0 saturated carbocycles. The molecule has 13 heteroatoms. The normalized spacial score (nSPS) is 12.7. The number of aryl methyl sites for hydroxylation is 1. The third-order valence-electron chi connectivity index (χ3n) is 7.14. The van der Waals surface area contributed by atoms with Crippen LogP contribution in [0.2, 0.25) is 0 Å². The predicted molar refractivity (Wildman–Crippen MR) is 156 cm³/mol. The molecule has 1 heterocycles. The van der Waals surface area contributed by atoms with Gasteiger partial charge in [0.2, 0.25) is 17.7 Å². The van der Waals surface area contributed by atoms with Gasteiger partial charge in [0.25, 0.3) is 10.0 Å². The van der Waals surface area contributed by atoms with Crippen molar-refractivity contribution in [3.8, 4) is 11.1 Å². The zero-order valence-corrected chi connectivity index (χ0v) is 25.8. The molecule has 0 saturated heterocycles. The number of hydrogen-bond acceptors (Lipinski definition) is 6. The molecule has 0 spiro atoms. The Morgan fingerprint density at radius 3 is 2.30 bits per heavy atom. The van der Waals surface area contributed by atoms with Crippen molar-refractivity contribution in [2.75, 3.05) is 11.8 Å². The first-order valence-corrected chi connectivity index (χ1v) is 15.4. The Hall–Kier alpha value is -3.87. The average Bonchev–Trinajstić information content (AvgIpc) is 3.26. The fourth-order valence-corrected chi connectivity index (χ4v) is 6.00. The van der Waals surface area contributed by atoms with Gasteiger partial charge in [-0.3, -0.25) is 9.59 Å². The zero-order valence-electron chi connectivity index (χ0n) is 25.0. The Morgan fingerprint density at radius 1 is 1.07 bits per heavy atom. The van der Waals surface area contributed by atoms with E-state index in [-0.39, 0.29) is 47.4 Å². The smallest absolute Gasteiger partial charge is 0.357 e. The number of sulfonamides is 1. The maximum absolute atomic E-state index is 14.5. The lowest BCUT2D eigenvalue weighted by molar-refractivity contribution is -0.143. The van der Waals surface area contributed by atoms with Crippen molar-refractivity contribution < 1.29 is 35.7 Å². The summed E-state index contributed by atoms with van der Waals surface area (Å²) in [6.07, 6.45) is -3.44. The third kappa shape index (κ3) is 7.75. The number of amides is 2. The topological polar surface area (TPSA) is 122 Å². The molecule has 0 aliphatic carbocycles. The van der Waals surface area contributed by atoms with Crippen LogP contribution in [0, 0.1) is 19.8 Å². The molecule has 0 bridgehead atoms. The van der Waals surface area contributed by atoms with Crippen molar-refractivity contribution in [1.82, 2.24) is 15.4 Å². The van der Waals surface area contributed by atoms with Gasteiger partial charge in [0.15, 0.2) is 0 Å². The Labute approximate surface area is 249 Å². The average molecular weight is 623 g/mol. The van der Waals surface area contributed by atoms with E-state index >= 15 is 0 Å². The summed E-state index contributed by atoms with van der Waals surface area (Å²) in [4.78, 5) is 26.9. The number of likely N-dealkylation sites (N-methyl/N-ethyl adjacent to an activating group) is 1. The molecule has 3 aromatic rings. The SMILES string of the molecule is CCCCC(=O)N(Cc1ccc(-c2ccccc2S(=O)(=O)Nc2onc(C)c2C)c(C(F)(F)F)c1)[C@H](C(=O)NC)C(C)C. The molecular formula is C30H37F3N4O5S. The molecule has 1 atom stereocenters. The summed E-state index contributed by atoms with van der Waals surface area (Å²) in [5.41, 5.74) is -0.583. The summed E-state index contributed by atoms with van der Waals surface area (Å²) in [5.74, 6) is -1.21. The maximum atomic E-state index is 14.5. The van der Waals surface area contributed by atoms with E-state index in [9.17, 15) is 31.2 Å². The molecule has 0 radical (unpaired) electrons. The molecule has 3 rings (SSSR count). The maximum Gasteiger partial charge on any atom is 0.417 e. The minimum Gasteiger partial charge on any atom is -0.357 e. The molecule has 2 N–H and O–H groups in total. The van der Waals surface area contributed by atoms with Gasteiger partial charge in [-0.1, -0.05) is 62.7 Å². The van der Waals surface area contributed by atoms with E-state index in [1.807, 2.05) is 6.92 Å². The van der Waals surface area contributed by atoms with Crippen LogP contribution in [-0.4, -0.2) is 43.4 Å². The van der Waals surface area contributed by atoms with Crippen LogP contribution in [0.5, 0.6) is 0 Å². The molecule has 2 aromatic carbocycles. The van der Waals surface area contributed by atoms with Gasteiger partial charge < -0.3 is 14.7 Å². The molecule has 9 nitrogen and oxygen atoms in total. The van der Waals surface area contributed by atoms with Crippen molar-refractivity contribution in [3.63, 3.8) is 0 Å². The van der Waals surface area contributed by atoms with Gasteiger partial charge in [-0.15, -0.1) is 0 Å². The van der Waals surface area contributed by atoms with Crippen LogP contribution in [0.1, 0.15) is 62.4 Å². The summed E-state index contributed by atoms with van der Waals surface area (Å²) in [5, 5.41) is 6.26. The van der Waals surface area contributed by atoms with Crippen LogP contribution in [0.25, 0.3) is 11.1 Å². The van der Waals surface area contributed by atoms with Crippen LogP contribution in [-0.2, 0) is 32.3 Å². The van der Waals surface area contributed by atoms with Crippen LogP contribution in [0.4, 0.5) is 19.1 Å². The number of unbranched alkanes of at least 4 members (excludes halogenated alkanes) is 1. The van der Waals surface area contributed by atoms with Crippen molar-refractivity contribution >= 4 is 27.7 Å². The third-order valence-corrected chi connectivity index (χ3v) is 8.53. The number of hydrogen-bond donors (Lipinski definition) is 2. The van der Waals surface area contributed by atoms with Crippen molar-refractivity contribution in [3.05, 3.63) is 64.8 Å². The van der Waals surface area contributed by atoms with E-state index in [4.69, 9.17) is 4.52 Å². The lowest BCUT2D eigenvalue weighted by Crippen LogP contribution is -2.51. The highest BCUT2D eigenvalue weighted by molar-refractivity contribution is 7.92. The first-order valence-electron chi connectivity index (χ1n) is 13.9. The molecule has 0 unspecified atom stereocenters. The van der Waals surface area contributed by atoms with E-state index in [0.717, 1.165) is 12.5 Å². The van der Waals surface area contributed by atoms with E-state index in [2.05, 4.69) is 15.2 Å². The molecule has 2 amide bonds. The van der Waals surface area contributed by atoms with Crippen LogP contribution < -0.4 is 10.0 Å². The number of carbonyl (C=O) groups is 2. The first kappa shape index (κ1) is 33.6. The summed E-state index contributed by atoms with van der Waals surface area (Å²) in [7, 11) is -2.96.